The van der Waals surface area contributed by atoms with Crippen molar-refractivity contribution in [3.05, 3.63) is 35.6 Å². The van der Waals surface area contributed by atoms with E-state index in [0.717, 1.165) is 30.3 Å². The summed E-state index contributed by atoms with van der Waals surface area (Å²) in [6, 6.07) is 6.59. The predicted molar refractivity (Wildman–Crippen MR) is 77.9 cm³/mol. The van der Waals surface area contributed by atoms with Gasteiger partial charge in [0.05, 0.1) is 6.42 Å². The molecule has 0 N–H and O–H groups in total. The van der Waals surface area contributed by atoms with Gasteiger partial charge < -0.3 is 4.90 Å². The summed E-state index contributed by atoms with van der Waals surface area (Å²) in [4.78, 5) is 14.4. The number of carbonyl (C=O) groups is 1. The molecule has 0 saturated heterocycles. The van der Waals surface area contributed by atoms with Crippen molar-refractivity contribution in [2.45, 2.75) is 38.1 Å². The second-order valence-corrected chi connectivity index (χ2v) is 5.81. The molecule has 19 heavy (non-hydrogen) atoms. The van der Waals surface area contributed by atoms with E-state index in [2.05, 4.69) is 15.9 Å². The first-order valence-electron chi connectivity index (χ1n) is 6.80. The fourth-order valence-electron chi connectivity index (χ4n) is 2.70. The third kappa shape index (κ3) is 4.03. The molecule has 4 heteroatoms. The van der Waals surface area contributed by atoms with Crippen molar-refractivity contribution < 1.29 is 9.18 Å². The van der Waals surface area contributed by atoms with Crippen LogP contribution in [0.4, 0.5) is 4.39 Å². The van der Waals surface area contributed by atoms with Gasteiger partial charge in [-0.25, -0.2) is 4.39 Å². The van der Waals surface area contributed by atoms with E-state index >= 15 is 0 Å². The molecular formula is C15H19BrFNO. The number of hydrogen-bond donors (Lipinski definition) is 0. The van der Waals surface area contributed by atoms with Crippen molar-refractivity contribution in [1.29, 1.82) is 0 Å². The molecule has 104 valence electrons. The largest absolute Gasteiger partial charge is 0.339 e. The highest BCUT2D eigenvalue weighted by atomic mass is 79.9. The average molecular weight is 328 g/mol. The minimum absolute atomic E-state index is 0.151. The van der Waals surface area contributed by atoms with Crippen LogP contribution in [0, 0.1) is 5.82 Å². The highest BCUT2D eigenvalue weighted by Crippen LogP contribution is 2.24. The smallest absolute Gasteiger partial charge is 0.227 e. The molecule has 1 aromatic rings. The van der Waals surface area contributed by atoms with Crippen LogP contribution in [-0.4, -0.2) is 28.7 Å². The Hall–Kier alpha value is -0.900. The zero-order valence-corrected chi connectivity index (χ0v) is 12.5. The minimum atomic E-state index is -0.260. The summed E-state index contributed by atoms with van der Waals surface area (Å²) in [5.41, 5.74) is 0.879. The van der Waals surface area contributed by atoms with Crippen molar-refractivity contribution in [1.82, 2.24) is 4.90 Å². The number of alkyl halides is 1. The average Bonchev–Trinajstić information content (AvgIpc) is 2.92. The highest BCUT2D eigenvalue weighted by Gasteiger charge is 2.25. The van der Waals surface area contributed by atoms with Gasteiger partial charge in [0, 0.05) is 17.9 Å². The van der Waals surface area contributed by atoms with Gasteiger partial charge in [0.2, 0.25) is 5.91 Å². The molecule has 1 aromatic carbocycles. The van der Waals surface area contributed by atoms with E-state index in [1.807, 2.05) is 4.90 Å². The molecule has 0 unspecified atom stereocenters. The van der Waals surface area contributed by atoms with Crippen LogP contribution in [0.1, 0.15) is 31.2 Å². The number of rotatable bonds is 5. The first kappa shape index (κ1) is 14.5. The Morgan fingerprint density at radius 3 is 2.47 bits per heavy atom. The summed E-state index contributed by atoms with van der Waals surface area (Å²) in [6.45, 7) is 0.755. The maximum absolute atomic E-state index is 12.8. The van der Waals surface area contributed by atoms with E-state index in [4.69, 9.17) is 0 Å². The zero-order chi connectivity index (χ0) is 13.7. The molecular weight excluding hydrogens is 309 g/mol. The van der Waals surface area contributed by atoms with Gasteiger partial charge in [-0.05, 0) is 30.5 Å². The number of benzene rings is 1. The molecule has 1 aliphatic rings. The van der Waals surface area contributed by atoms with E-state index in [1.165, 1.54) is 25.0 Å². The third-order valence-corrected chi connectivity index (χ3v) is 4.03. The molecule has 0 heterocycles. The van der Waals surface area contributed by atoms with Gasteiger partial charge in [-0.2, -0.15) is 0 Å². The normalized spacial score (nSPS) is 15.7. The number of halogens is 2. The van der Waals surface area contributed by atoms with Crippen LogP contribution in [0.5, 0.6) is 0 Å². The second-order valence-electron chi connectivity index (χ2n) is 5.02. The maximum Gasteiger partial charge on any atom is 0.227 e. The summed E-state index contributed by atoms with van der Waals surface area (Å²) >= 11 is 3.42. The van der Waals surface area contributed by atoms with Gasteiger partial charge in [0.1, 0.15) is 5.82 Å². The Morgan fingerprint density at radius 2 is 1.89 bits per heavy atom. The van der Waals surface area contributed by atoms with E-state index < -0.39 is 0 Å². The van der Waals surface area contributed by atoms with E-state index in [9.17, 15) is 9.18 Å². The van der Waals surface area contributed by atoms with E-state index in [-0.39, 0.29) is 11.7 Å². The Balaban J connectivity index is 2.00. The van der Waals surface area contributed by atoms with Crippen molar-refractivity contribution in [2.75, 3.05) is 11.9 Å². The molecule has 0 bridgehead atoms. The lowest BCUT2D eigenvalue weighted by molar-refractivity contribution is -0.132. The number of nitrogens with zero attached hydrogens (tertiary/aromatic N) is 1. The molecule has 0 aromatic heterocycles. The zero-order valence-electron chi connectivity index (χ0n) is 10.9. The van der Waals surface area contributed by atoms with Crippen molar-refractivity contribution in [2.24, 2.45) is 0 Å². The minimum Gasteiger partial charge on any atom is -0.339 e. The van der Waals surface area contributed by atoms with Crippen LogP contribution >= 0.6 is 15.9 Å². The molecule has 1 amide bonds. The molecule has 1 fully saturated rings. The molecule has 1 saturated carbocycles. The standard InChI is InChI=1S/C15H19BrFNO/c16-9-10-18(14-3-1-2-4-14)15(19)11-12-5-7-13(17)8-6-12/h5-8,14H,1-4,9-11H2. The van der Waals surface area contributed by atoms with Gasteiger partial charge >= 0.3 is 0 Å². The van der Waals surface area contributed by atoms with Crippen molar-refractivity contribution in [3.8, 4) is 0 Å². The molecule has 2 nitrogen and oxygen atoms in total. The third-order valence-electron chi connectivity index (χ3n) is 3.68. The monoisotopic (exact) mass is 327 g/mol. The number of hydrogen-bond acceptors (Lipinski definition) is 1. The van der Waals surface area contributed by atoms with Gasteiger partial charge in [-0.15, -0.1) is 0 Å². The summed E-state index contributed by atoms with van der Waals surface area (Å²) < 4.78 is 12.8. The van der Waals surface area contributed by atoms with Crippen LogP contribution < -0.4 is 0 Å². The molecule has 0 atom stereocenters. The summed E-state index contributed by atoms with van der Waals surface area (Å²) in [5, 5.41) is 0.804. The molecule has 0 spiro atoms. The lowest BCUT2D eigenvalue weighted by Crippen LogP contribution is -2.41. The first-order valence-corrected chi connectivity index (χ1v) is 7.92. The number of amides is 1. The second kappa shape index (κ2) is 7.04. The summed E-state index contributed by atoms with van der Waals surface area (Å²) in [7, 11) is 0. The lowest BCUT2D eigenvalue weighted by Gasteiger charge is -2.28. The molecule has 0 aliphatic heterocycles. The van der Waals surface area contributed by atoms with Crippen LogP contribution in [0.25, 0.3) is 0 Å². The molecule has 0 radical (unpaired) electrons. The van der Waals surface area contributed by atoms with Gasteiger partial charge in [-0.3, -0.25) is 4.79 Å². The lowest BCUT2D eigenvalue weighted by atomic mass is 10.1. The van der Waals surface area contributed by atoms with Crippen LogP contribution in [0.15, 0.2) is 24.3 Å². The summed E-state index contributed by atoms with van der Waals surface area (Å²) in [5.74, 6) is -0.109. The Bertz CT molecular complexity index is 415. The SMILES string of the molecule is O=C(Cc1ccc(F)cc1)N(CCBr)C1CCCC1. The molecule has 1 aliphatic carbocycles. The van der Waals surface area contributed by atoms with Crippen LogP contribution in [0.2, 0.25) is 0 Å². The number of carbonyl (C=O) groups excluding carboxylic acids is 1. The van der Waals surface area contributed by atoms with Crippen LogP contribution in [-0.2, 0) is 11.2 Å². The Labute approximate surface area is 122 Å². The van der Waals surface area contributed by atoms with E-state index in [0.29, 0.717) is 12.5 Å². The highest BCUT2D eigenvalue weighted by molar-refractivity contribution is 9.09. The fourth-order valence-corrected chi connectivity index (χ4v) is 3.08. The topological polar surface area (TPSA) is 20.3 Å². The maximum atomic E-state index is 12.8. The van der Waals surface area contributed by atoms with Gasteiger partial charge in [0.25, 0.3) is 0 Å². The van der Waals surface area contributed by atoms with Gasteiger partial charge in [-0.1, -0.05) is 40.9 Å². The first-order chi connectivity index (χ1) is 9.20. The van der Waals surface area contributed by atoms with Gasteiger partial charge in [0.15, 0.2) is 0 Å². The van der Waals surface area contributed by atoms with Crippen molar-refractivity contribution >= 4 is 21.8 Å². The molecule has 2 rings (SSSR count). The van der Waals surface area contributed by atoms with Crippen molar-refractivity contribution in [3.63, 3.8) is 0 Å². The quantitative estimate of drug-likeness (QED) is 0.757. The van der Waals surface area contributed by atoms with E-state index in [1.54, 1.807) is 12.1 Å². The summed E-state index contributed by atoms with van der Waals surface area (Å²) in [6.07, 6.45) is 5.02. The Morgan fingerprint density at radius 1 is 1.26 bits per heavy atom. The predicted octanol–water partition coefficient (Wildman–Crippen LogP) is 3.53. The Kier molecular flexibility index (Phi) is 5.37. The fraction of sp³-hybridized carbons (Fsp3) is 0.533. The van der Waals surface area contributed by atoms with Crippen LogP contribution in [0.3, 0.4) is 0 Å².